The van der Waals surface area contributed by atoms with Crippen LogP contribution in [0.25, 0.3) is 11.1 Å². The lowest BCUT2D eigenvalue weighted by Crippen LogP contribution is -2.12. The van der Waals surface area contributed by atoms with Gasteiger partial charge in [-0.2, -0.15) is 0 Å². The molecule has 0 saturated carbocycles. The minimum atomic E-state index is -0.490. The highest BCUT2D eigenvalue weighted by Crippen LogP contribution is 2.30. The molecule has 0 unspecified atom stereocenters. The van der Waals surface area contributed by atoms with Crippen LogP contribution in [-0.2, 0) is 11.2 Å². The number of fused-ring (bicyclic) bond motifs is 1. The number of hydrogen-bond acceptors (Lipinski definition) is 5. The average Bonchev–Trinajstić information content (AvgIpc) is 3.04. The lowest BCUT2D eigenvalue weighted by molar-refractivity contribution is 0.0601. The summed E-state index contributed by atoms with van der Waals surface area (Å²) in [6, 6.07) is 13.0. The Hall–Kier alpha value is -2.86. The summed E-state index contributed by atoms with van der Waals surface area (Å²) in [7, 11) is 1.31. The number of esters is 1. The number of rotatable bonds is 5. The van der Waals surface area contributed by atoms with E-state index in [1.165, 1.54) is 7.11 Å². The van der Waals surface area contributed by atoms with Crippen molar-refractivity contribution >= 4 is 40.2 Å². The highest BCUT2D eigenvalue weighted by atomic mass is 35.5. The van der Waals surface area contributed by atoms with Gasteiger partial charge in [-0.3, -0.25) is 0 Å². The third kappa shape index (κ3) is 3.80. The number of aromatic nitrogens is 1. The molecule has 7 heteroatoms. The van der Waals surface area contributed by atoms with Crippen molar-refractivity contribution in [2.24, 2.45) is 10.7 Å². The van der Waals surface area contributed by atoms with Gasteiger partial charge in [0.15, 0.2) is 11.5 Å². The summed E-state index contributed by atoms with van der Waals surface area (Å²) in [6.07, 6.45) is 0.525. The molecule has 6 nitrogen and oxygen atoms in total. The molecule has 0 bridgehead atoms. The lowest BCUT2D eigenvalue weighted by Gasteiger charge is -2.02. The van der Waals surface area contributed by atoms with Crippen LogP contribution in [0.1, 0.15) is 21.8 Å². The Kier molecular flexibility index (Phi) is 5.00. The third-order valence-electron chi connectivity index (χ3n) is 3.53. The van der Waals surface area contributed by atoms with Crippen molar-refractivity contribution in [3.8, 4) is 0 Å². The van der Waals surface area contributed by atoms with Gasteiger partial charge in [0, 0.05) is 6.42 Å². The van der Waals surface area contributed by atoms with E-state index >= 15 is 0 Å². The summed E-state index contributed by atoms with van der Waals surface area (Å²) >= 11 is 5.70. The van der Waals surface area contributed by atoms with Crippen molar-refractivity contribution in [1.82, 2.24) is 4.98 Å². The van der Waals surface area contributed by atoms with E-state index in [-0.39, 0.29) is 11.7 Å². The van der Waals surface area contributed by atoms with E-state index < -0.39 is 5.97 Å². The molecule has 0 amide bonds. The number of aliphatic imine (C=N–C) groups is 1. The first-order valence-electron chi connectivity index (χ1n) is 7.55. The zero-order valence-electron chi connectivity index (χ0n) is 13.5. The van der Waals surface area contributed by atoms with Crippen LogP contribution in [0, 0.1) is 0 Å². The molecule has 0 fully saturated rings. The standard InChI is InChI=1S/C18H16ClN3O3/c1-24-18(23)12-8-13(21-15(20)10-19)17-14(9-12)22-16(25-17)7-11-5-3-2-4-6-11/h2-6,8-9H,7,10H2,1H3,(H2,20,21). The second-order valence-corrected chi connectivity index (χ2v) is 5.61. The van der Waals surface area contributed by atoms with Gasteiger partial charge in [-0.25, -0.2) is 14.8 Å². The lowest BCUT2D eigenvalue weighted by atomic mass is 10.1. The van der Waals surface area contributed by atoms with Crippen LogP contribution in [-0.4, -0.2) is 29.8 Å². The molecular formula is C18H16ClN3O3. The molecule has 0 aliphatic carbocycles. The monoisotopic (exact) mass is 357 g/mol. The molecule has 0 saturated heterocycles. The van der Waals surface area contributed by atoms with Gasteiger partial charge in [-0.1, -0.05) is 30.3 Å². The first kappa shape index (κ1) is 17.0. The van der Waals surface area contributed by atoms with Crippen LogP contribution in [0.4, 0.5) is 5.69 Å². The van der Waals surface area contributed by atoms with Crippen molar-refractivity contribution in [2.75, 3.05) is 13.0 Å². The first-order valence-corrected chi connectivity index (χ1v) is 8.09. The fraction of sp³-hybridized carbons (Fsp3) is 0.167. The highest BCUT2D eigenvalue weighted by molar-refractivity contribution is 6.28. The van der Waals surface area contributed by atoms with Crippen molar-refractivity contribution < 1.29 is 13.9 Å². The summed E-state index contributed by atoms with van der Waals surface area (Å²) in [6.45, 7) is 0. The molecule has 3 rings (SSSR count). The molecule has 25 heavy (non-hydrogen) atoms. The normalized spacial score (nSPS) is 11.7. The molecule has 2 N–H and O–H groups in total. The predicted molar refractivity (Wildman–Crippen MR) is 96.6 cm³/mol. The third-order valence-corrected chi connectivity index (χ3v) is 3.81. The number of benzene rings is 2. The van der Waals surface area contributed by atoms with Crippen molar-refractivity contribution in [2.45, 2.75) is 6.42 Å². The maximum Gasteiger partial charge on any atom is 0.338 e. The molecule has 3 aromatic rings. The Morgan fingerprint density at radius 2 is 2.08 bits per heavy atom. The fourth-order valence-electron chi connectivity index (χ4n) is 2.41. The molecule has 2 aromatic carbocycles. The number of methoxy groups -OCH3 is 1. The molecule has 0 radical (unpaired) electrons. The molecule has 0 aliphatic heterocycles. The maximum atomic E-state index is 11.9. The van der Waals surface area contributed by atoms with Crippen molar-refractivity contribution in [3.05, 3.63) is 59.5 Å². The molecular weight excluding hydrogens is 342 g/mol. The Balaban J connectivity index is 2.09. The number of oxazole rings is 1. The number of hydrogen-bond donors (Lipinski definition) is 1. The van der Waals surface area contributed by atoms with Crippen LogP contribution < -0.4 is 5.73 Å². The Labute approximate surface area is 149 Å². The smallest absolute Gasteiger partial charge is 0.338 e. The number of amidine groups is 1. The maximum absolute atomic E-state index is 11.9. The summed E-state index contributed by atoms with van der Waals surface area (Å²) in [4.78, 5) is 20.6. The first-order chi connectivity index (χ1) is 12.1. The van der Waals surface area contributed by atoms with Crippen LogP contribution in [0.15, 0.2) is 51.9 Å². The van der Waals surface area contributed by atoms with E-state index in [0.717, 1.165) is 5.56 Å². The number of ether oxygens (including phenoxy) is 1. The second-order valence-electron chi connectivity index (χ2n) is 5.34. The molecule has 0 spiro atoms. The SMILES string of the molecule is COC(=O)c1cc(N=C(N)CCl)c2oc(Cc3ccccc3)nc2c1. The largest absolute Gasteiger partial charge is 0.465 e. The number of carbonyl (C=O) groups excluding carboxylic acids is 1. The molecule has 1 heterocycles. The zero-order chi connectivity index (χ0) is 17.8. The van der Waals surface area contributed by atoms with Gasteiger partial charge in [-0.15, -0.1) is 11.6 Å². The van der Waals surface area contributed by atoms with Gasteiger partial charge in [0.2, 0.25) is 0 Å². The topological polar surface area (TPSA) is 90.7 Å². The van der Waals surface area contributed by atoms with Crippen molar-refractivity contribution in [1.29, 1.82) is 0 Å². The van der Waals surface area contributed by atoms with E-state index in [2.05, 4.69) is 9.98 Å². The van der Waals surface area contributed by atoms with Gasteiger partial charge in [-0.05, 0) is 17.7 Å². The molecule has 128 valence electrons. The fourth-order valence-corrected chi connectivity index (χ4v) is 2.47. The average molecular weight is 358 g/mol. The predicted octanol–water partition coefficient (Wildman–Crippen LogP) is 3.43. The Bertz CT molecular complexity index is 935. The number of halogens is 1. The van der Waals surface area contributed by atoms with Gasteiger partial charge in [0.1, 0.15) is 17.0 Å². The van der Waals surface area contributed by atoms with E-state index in [1.807, 2.05) is 30.3 Å². The number of carbonyl (C=O) groups is 1. The number of alkyl halides is 1. The van der Waals surface area contributed by atoms with Crippen molar-refractivity contribution in [3.63, 3.8) is 0 Å². The molecule has 0 atom stereocenters. The van der Waals surface area contributed by atoms with E-state index in [0.29, 0.717) is 34.7 Å². The minimum absolute atomic E-state index is 0.0644. The second kappa shape index (κ2) is 7.36. The van der Waals surface area contributed by atoms with Crippen LogP contribution in [0.5, 0.6) is 0 Å². The van der Waals surface area contributed by atoms with Gasteiger partial charge >= 0.3 is 5.97 Å². The Morgan fingerprint density at radius 3 is 2.76 bits per heavy atom. The van der Waals surface area contributed by atoms with E-state index in [9.17, 15) is 4.79 Å². The molecule has 1 aromatic heterocycles. The van der Waals surface area contributed by atoms with Gasteiger partial charge < -0.3 is 14.9 Å². The Morgan fingerprint density at radius 1 is 1.32 bits per heavy atom. The van der Waals surface area contributed by atoms with E-state index in [1.54, 1.807) is 12.1 Å². The zero-order valence-corrected chi connectivity index (χ0v) is 14.3. The minimum Gasteiger partial charge on any atom is -0.465 e. The summed E-state index contributed by atoms with van der Waals surface area (Å²) in [5, 5.41) is 0. The molecule has 0 aliphatic rings. The summed E-state index contributed by atoms with van der Waals surface area (Å²) in [5.74, 6) is 0.306. The van der Waals surface area contributed by atoms with Gasteiger partial charge in [0.05, 0.1) is 18.6 Å². The highest BCUT2D eigenvalue weighted by Gasteiger charge is 2.16. The summed E-state index contributed by atoms with van der Waals surface area (Å²) < 4.78 is 10.6. The van der Waals surface area contributed by atoms with Gasteiger partial charge in [0.25, 0.3) is 0 Å². The van der Waals surface area contributed by atoms with Crippen LogP contribution in [0.2, 0.25) is 0 Å². The number of nitrogens with zero attached hydrogens (tertiary/aromatic N) is 2. The van der Waals surface area contributed by atoms with Crippen LogP contribution in [0.3, 0.4) is 0 Å². The summed E-state index contributed by atoms with van der Waals surface area (Å²) in [5.41, 5.74) is 8.45. The number of nitrogens with two attached hydrogens (primary N) is 1. The quantitative estimate of drug-likeness (QED) is 0.327. The van der Waals surface area contributed by atoms with E-state index in [4.69, 9.17) is 26.5 Å². The van der Waals surface area contributed by atoms with Crippen LogP contribution >= 0.6 is 11.6 Å².